The third-order valence-corrected chi connectivity index (χ3v) is 5.62. The van der Waals surface area contributed by atoms with Gasteiger partial charge in [-0.2, -0.15) is 0 Å². The van der Waals surface area contributed by atoms with Crippen molar-refractivity contribution in [3.8, 4) is 0 Å². The monoisotopic (exact) mass is 360 g/mol. The number of halogens is 1. The molecule has 0 saturated heterocycles. The Hall–Kier alpha value is 0.960. The van der Waals surface area contributed by atoms with Gasteiger partial charge in [0.2, 0.25) is 0 Å². The van der Waals surface area contributed by atoms with Crippen molar-refractivity contribution in [3.63, 3.8) is 0 Å². The molecule has 0 heterocycles. The molecule has 1 N–H and O–H groups in total. The van der Waals surface area contributed by atoms with E-state index >= 15 is 0 Å². The Kier molecular flexibility index (Phi) is 6.95. The molecule has 0 amide bonds. The number of rotatable bonds is 6. The highest BCUT2D eigenvalue weighted by atomic mass is 127. The minimum atomic E-state index is -0.735. The Morgan fingerprint density at radius 2 is 2.31 bits per heavy atom. The van der Waals surface area contributed by atoms with Gasteiger partial charge in [-0.1, -0.05) is 46.6 Å². The lowest BCUT2D eigenvalue weighted by molar-refractivity contribution is -0.0600. The van der Waals surface area contributed by atoms with Crippen LogP contribution in [0.2, 0.25) is 0 Å². The summed E-state index contributed by atoms with van der Waals surface area (Å²) in [5.41, 5.74) is -0.635. The largest absolute Gasteiger partial charge is 0.617 e. The number of hydrogen-bond donors (Lipinski definition) is 1. The van der Waals surface area contributed by atoms with E-state index in [0.717, 1.165) is 25.7 Å². The van der Waals surface area contributed by atoms with Crippen LogP contribution in [0, 0.1) is 0 Å². The van der Waals surface area contributed by atoms with Crippen LogP contribution in [-0.2, 0) is 15.9 Å². The predicted octanol–water partition coefficient (Wildman–Crippen LogP) is 1.88. The van der Waals surface area contributed by atoms with E-state index in [1.165, 1.54) is 6.42 Å². The summed E-state index contributed by atoms with van der Waals surface area (Å²) in [6, 6.07) is 0. The van der Waals surface area contributed by atoms with Crippen LogP contribution < -0.4 is 0 Å². The summed E-state index contributed by atoms with van der Waals surface area (Å²) in [4.78, 5) is 0. The SMILES string of the molecule is C[S+]([O-])CCCOCC1(O)CCCCC1I. The fourth-order valence-corrected chi connectivity index (χ4v) is 3.41. The number of aliphatic hydroxyl groups is 1. The van der Waals surface area contributed by atoms with E-state index in [-0.39, 0.29) is 0 Å². The highest BCUT2D eigenvalue weighted by Crippen LogP contribution is 2.34. The second-order valence-electron chi connectivity index (χ2n) is 4.50. The topological polar surface area (TPSA) is 52.5 Å². The summed E-state index contributed by atoms with van der Waals surface area (Å²) in [5, 5.41) is 10.4. The van der Waals surface area contributed by atoms with Crippen LogP contribution in [0.1, 0.15) is 32.1 Å². The molecule has 0 spiro atoms. The summed E-state index contributed by atoms with van der Waals surface area (Å²) in [7, 11) is 0. The average Bonchev–Trinajstić information content (AvgIpc) is 2.22. The van der Waals surface area contributed by atoms with Gasteiger partial charge in [-0.25, -0.2) is 0 Å². The molecular formula is C11H21IO3S. The summed E-state index contributed by atoms with van der Waals surface area (Å²) >= 11 is 1.59. The van der Waals surface area contributed by atoms with Crippen molar-refractivity contribution in [3.05, 3.63) is 0 Å². The summed E-state index contributed by atoms with van der Waals surface area (Å²) < 4.78 is 16.6. The quantitative estimate of drug-likeness (QED) is 0.341. The van der Waals surface area contributed by atoms with Gasteiger partial charge in [-0.15, -0.1) is 0 Å². The molecule has 5 heteroatoms. The smallest absolute Gasteiger partial charge is 0.107 e. The second kappa shape index (κ2) is 7.41. The average molecular weight is 360 g/mol. The van der Waals surface area contributed by atoms with E-state index in [1.807, 2.05) is 0 Å². The van der Waals surface area contributed by atoms with Crippen molar-refractivity contribution in [2.45, 2.75) is 41.6 Å². The van der Waals surface area contributed by atoms with Crippen LogP contribution in [-0.4, -0.2) is 44.4 Å². The fraction of sp³-hybridized carbons (Fsp3) is 1.00. The summed E-state index contributed by atoms with van der Waals surface area (Å²) in [6.07, 6.45) is 6.75. The van der Waals surface area contributed by atoms with E-state index < -0.39 is 16.8 Å². The molecule has 3 nitrogen and oxygen atoms in total. The highest BCUT2D eigenvalue weighted by molar-refractivity contribution is 14.1. The number of hydrogen-bond acceptors (Lipinski definition) is 3. The third-order valence-electron chi connectivity index (χ3n) is 2.97. The van der Waals surface area contributed by atoms with Crippen LogP contribution in [0.3, 0.4) is 0 Å². The molecule has 3 atom stereocenters. The van der Waals surface area contributed by atoms with Gasteiger partial charge in [0.25, 0.3) is 0 Å². The molecule has 16 heavy (non-hydrogen) atoms. The first-order valence-corrected chi connectivity index (χ1v) is 8.76. The first kappa shape index (κ1) is 15.0. The zero-order valence-corrected chi connectivity index (χ0v) is 12.8. The maximum absolute atomic E-state index is 10.8. The number of alkyl halides is 1. The zero-order valence-electron chi connectivity index (χ0n) is 9.78. The van der Waals surface area contributed by atoms with Gasteiger partial charge >= 0.3 is 0 Å². The van der Waals surface area contributed by atoms with Crippen molar-refractivity contribution in [2.75, 3.05) is 25.2 Å². The molecule has 0 aromatic carbocycles. The van der Waals surface area contributed by atoms with E-state index in [0.29, 0.717) is 22.9 Å². The predicted molar refractivity (Wildman–Crippen MR) is 75.6 cm³/mol. The summed E-state index contributed by atoms with van der Waals surface area (Å²) in [5.74, 6) is 0.687. The van der Waals surface area contributed by atoms with Gasteiger partial charge in [0.1, 0.15) is 5.75 Å². The lowest BCUT2D eigenvalue weighted by Gasteiger charge is -2.36. The number of ether oxygens (including phenoxy) is 1. The van der Waals surface area contributed by atoms with Gasteiger partial charge < -0.3 is 14.4 Å². The molecule has 96 valence electrons. The van der Waals surface area contributed by atoms with Gasteiger partial charge in [0.05, 0.1) is 25.1 Å². The Bertz CT molecular complexity index is 204. The molecule has 3 unspecified atom stereocenters. The van der Waals surface area contributed by atoms with Crippen LogP contribution in [0.5, 0.6) is 0 Å². The van der Waals surface area contributed by atoms with Gasteiger partial charge in [-0.3, -0.25) is 0 Å². The molecule has 0 bridgehead atoms. The van der Waals surface area contributed by atoms with E-state index in [1.54, 1.807) is 6.26 Å². The van der Waals surface area contributed by atoms with Crippen molar-refractivity contribution in [1.29, 1.82) is 0 Å². The van der Waals surface area contributed by atoms with Crippen molar-refractivity contribution >= 4 is 33.8 Å². The molecule has 0 aromatic heterocycles. The van der Waals surface area contributed by atoms with Crippen LogP contribution in [0.4, 0.5) is 0 Å². The molecule has 0 radical (unpaired) electrons. The fourth-order valence-electron chi connectivity index (χ4n) is 1.96. The lowest BCUT2D eigenvalue weighted by atomic mass is 9.85. The molecule has 1 aliphatic rings. The molecule has 1 rings (SSSR count). The maximum atomic E-state index is 10.8. The standard InChI is InChI=1S/C11H21IO3S/c1-16(14)8-4-7-15-9-11(13)6-3-2-5-10(11)12/h10,13H,2-9H2,1H3. The Morgan fingerprint density at radius 1 is 1.56 bits per heavy atom. The zero-order chi connectivity index (χ0) is 12.0. The van der Waals surface area contributed by atoms with Crippen LogP contribution in [0.25, 0.3) is 0 Å². The van der Waals surface area contributed by atoms with Crippen molar-refractivity contribution < 1.29 is 14.4 Å². The first-order chi connectivity index (χ1) is 7.54. The van der Waals surface area contributed by atoms with Crippen LogP contribution in [0.15, 0.2) is 0 Å². The van der Waals surface area contributed by atoms with E-state index in [2.05, 4.69) is 22.6 Å². The lowest BCUT2D eigenvalue weighted by Crippen LogP contribution is -2.45. The van der Waals surface area contributed by atoms with Crippen molar-refractivity contribution in [2.24, 2.45) is 0 Å². The Morgan fingerprint density at radius 3 is 2.94 bits per heavy atom. The highest BCUT2D eigenvalue weighted by Gasteiger charge is 2.37. The molecule has 1 fully saturated rings. The van der Waals surface area contributed by atoms with E-state index in [9.17, 15) is 9.66 Å². The second-order valence-corrected chi connectivity index (χ2v) is 7.56. The maximum Gasteiger partial charge on any atom is 0.107 e. The minimum Gasteiger partial charge on any atom is -0.617 e. The minimum absolute atomic E-state index is 0.305. The molecule has 0 aromatic rings. The van der Waals surface area contributed by atoms with Crippen molar-refractivity contribution in [1.82, 2.24) is 0 Å². The molecule has 0 aliphatic heterocycles. The summed E-state index contributed by atoms with van der Waals surface area (Å²) in [6.45, 7) is 1.03. The molecule has 1 aliphatic carbocycles. The van der Waals surface area contributed by atoms with Gasteiger partial charge in [-0.05, 0) is 12.8 Å². The third kappa shape index (κ3) is 5.08. The van der Waals surface area contributed by atoms with Crippen LogP contribution >= 0.6 is 22.6 Å². The Labute approximate surface area is 115 Å². The van der Waals surface area contributed by atoms with Gasteiger partial charge in [0.15, 0.2) is 0 Å². The Balaban J connectivity index is 2.15. The van der Waals surface area contributed by atoms with E-state index in [4.69, 9.17) is 4.74 Å². The first-order valence-electron chi connectivity index (χ1n) is 5.79. The molecular weight excluding hydrogens is 339 g/mol. The normalized spacial score (nSPS) is 32.6. The van der Waals surface area contributed by atoms with Gasteiger partial charge in [0, 0.05) is 10.3 Å². The molecule has 1 saturated carbocycles.